The van der Waals surface area contributed by atoms with Crippen LogP contribution in [0.5, 0.6) is 0 Å². The second-order valence-corrected chi connectivity index (χ2v) is 8.10. The summed E-state index contributed by atoms with van der Waals surface area (Å²) in [6.07, 6.45) is 11.5. The summed E-state index contributed by atoms with van der Waals surface area (Å²) in [5.74, 6) is 0.185. The van der Waals surface area contributed by atoms with Crippen molar-refractivity contribution >= 4 is 17.6 Å². The Morgan fingerprint density at radius 1 is 0.833 bits per heavy atom. The Morgan fingerprint density at radius 3 is 2.13 bits per heavy atom. The first kappa shape index (κ1) is 23.8. The molecule has 2 aromatic carbocycles. The summed E-state index contributed by atoms with van der Waals surface area (Å²) in [7, 11) is 0. The van der Waals surface area contributed by atoms with Crippen LogP contribution in [-0.4, -0.2) is 11.6 Å². The van der Waals surface area contributed by atoms with Gasteiger partial charge in [0.1, 0.15) is 0 Å². The molecule has 0 fully saturated rings. The quantitative estimate of drug-likeness (QED) is 0.187. The molecule has 0 aliphatic rings. The van der Waals surface area contributed by atoms with E-state index in [4.69, 9.17) is 0 Å². The lowest BCUT2D eigenvalue weighted by molar-refractivity contribution is -0.133. The predicted octanol–water partition coefficient (Wildman–Crippen LogP) is 7.40. The molecule has 0 aliphatic heterocycles. The van der Waals surface area contributed by atoms with Crippen molar-refractivity contribution < 1.29 is 9.59 Å². The van der Waals surface area contributed by atoms with Gasteiger partial charge >= 0.3 is 0 Å². The van der Waals surface area contributed by atoms with E-state index in [9.17, 15) is 9.59 Å². The summed E-state index contributed by atoms with van der Waals surface area (Å²) in [5, 5.41) is 0. The summed E-state index contributed by atoms with van der Waals surface area (Å²) in [5.41, 5.74) is 2.22. The zero-order valence-electron chi connectivity index (χ0n) is 18.6. The Morgan fingerprint density at radius 2 is 1.50 bits per heavy atom. The minimum absolute atomic E-state index is 0.288. The van der Waals surface area contributed by atoms with Gasteiger partial charge in [-0.1, -0.05) is 113 Å². The third kappa shape index (κ3) is 8.10. The molecule has 0 aliphatic carbocycles. The largest absolute Gasteiger partial charge is 0.291 e. The molecule has 0 radical (unpaired) electrons. The van der Waals surface area contributed by atoms with Gasteiger partial charge in [0.2, 0.25) is 11.6 Å². The van der Waals surface area contributed by atoms with Gasteiger partial charge < -0.3 is 0 Å². The van der Waals surface area contributed by atoms with Crippen molar-refractivity contribution in [3.8, 4) is 0 Å². The van der Waals surface area contributed by atoms with Crippen molar-refractivity contribution in [2.45, 2.75) is 71.1 Å². The highest BCUT2D eigenvalue weighted by Crippen LogP contribution is 2.35. The molecule has 2 aromatic rings. The van der Waals surface area contributed by atoms with Gasteiger partial charge in [0.15, 0.2) is 0 Å². The minimum Gasteiger partial charge on any atom is -0.291 e. The maximum absolute atomic E-state index is 12.5. The molecule has 30 heavy (non-hydrogen) atoms. The Hall–Kier alpha value is -2.48. The smallest absolute Gasteiger partial charge is 0.221 e. The van der Waals surface area contributed by atoms with Gasteiger partial charge in [-0.3, -0.25) is 9.59 Å². The van der Waals surface area contributed by atoms with Gasteiger partial charge in [-0.15, -0.1) is 0 Å². The number of benzene rings is 2. The van der Waals surface area contributed by atoms with Crippen LogP contribution in [0.3, 0.4) is 0 Å². The molecule has 0 aromatic heterocycles. The maximum Gasteiger partial charge on any atom is 0.221 e. The van der Waals surface area contributed by atoms with Gasteiger partial charge in [0.05, 0.1) is 0 Å². The fourth-order valence-corrected chi connectivity index (χ4v) is 4.14. The van der Waals surface area contributed by atoms with Crippen molar-refractivity contribution in [3.05, 3.63) is 77.9 Å². The third-order valence-electron chi connectivity index (χ3n) is 5.93. The molecule has 0 saturated carbocycles. The van der Waals surface area contributed by atoms with E-state index >= 15 is 0 Å². The molecular weight excluding hydrogens is 368 g/mol. The fourth-order valence-electron chi connectivity index (χ4n) is 4.14. The fraction of sp³-hybridized carbons (Fsp3) is 0.429. The van der Waals surface area contributed by atoms with Crippen molar-refractivity contribution in [1.29, 1.82) is 0 Å². The maximum atomic E-state index is 12.5. The molecule has 0 N–H and O–H groups in total. The molecule has 0 amide bonds. The van der Waals surface area contributed by atoms with Crippen LogP contribution in [-0.2, 0) is 9.59 Å². The van der Waals surface area contributed by atoms with Gasteiger partial charge in [0.25, 0.3) is 0 Å². The van der Waals surface area contributed by atoms with Crippen LogP contribution < -0.4 is 0 Å². The zero-order chi connectivity index (χ0) is 21.6. The molecule has 2 heteroatoms. The SMILES string of the molecule is CCCCCCC(CC)C(CCC(=O)C(=O)/C=C/c1ccccc1)c1ccccc1. The zero-order valence-corrected chi connectivity index (χ0v) is 18.6. The van der Waals surface area contributed by atoms with Crippen molar-refractivity contribution in [2.24, 2.45) is 5.92 Å². The number of rotatable bonds is 14. The first-order valence-corrected chi connectivity index (χ1v) is 11.5. The molecule has 160 valence electrons. The van der Waals surface area contributed by atoms with Crippen molar-refractivity contribution in [2.75, 3.05) is 0 Å². The lowest BCUT2D eigenvalue weighted by Gasteiger charge is -2.27. The number of carbonyl (C=O) groups is 2. The summed E-state index contributed by atoms with van der Waals surface area (Å²) in [4.78, 5) is 24.8. The van der Waals surface area contributed by atoms with Gasteiger partial charge in [-0.25, -0.2) is 0 Å². The van der Waals surface area contributed by atoms with Crippen LogP contribution in [0.25, 0.3) is 6.08 Å². The topological polar surface area (TPSA) is 34.1 Å². The second kappa shape index (κ2) is 13.7. The average Bonchev–Trinajstić information content (AvgIpc) is 2.80. The highest BCUT2D eigenvalue weighted by Gasteiger charge is 2.23. The first-order valence-electron chi connectivity index (χ1n) is 11.5. The van der Waals surface area contributed by atoms with Gasteiger partial charge in [-0.05, 0) is 41.9 Å². The Balaban J connectivity index is 2.00. The number of Topliss-reactive ketones (excluding diaryl/α,β-unsaturated/α-hetero) is 1. The molecule has 0 saturated heterocycles. The van der Waals surface area contributed by atoms with Crippen molar-refractivity contribution in [1.82, 2.24) is 0 Å². The van der Waals surface area contributed by atoms with E-state index in [1.807, 2.05) is 36.4 Å². The van der Waals surface area contributed by atoms with E-state index in [1.54, 1.807) is 6.08 Å². The Bertz CT molecular complexity index is 777. The highest BCUT2D eigenvalue weighted by atomic mass is 16.2. The van der Waals surface area contributed by atoms with Crippen LogP contribution in [0.4, 0.5) is 0 Å². The van der Waals surface area contributed by atoms with E-state index in [1.165, 1.54) is 43.7 Å². The summed E-state index contributed by atoms with van der Waals surface area (Å²) >= 11 is 0. The average molecular weight is 405 g/mol. The number of hydrogen-bond donors (Lipinski definition) is 0. The molecule has 2 rings (SSSR count). The predicted molar refractivity (Wildman–Crippen MR) is 126 cm³/mol. The summed E-state index contributed by atoms with van der Waals surface area (Å²) < 4.78 is 0. The molecule has 2 nitrogen and oxygen atoms in total. The normalized spacial score (nSPS) is 13.3. The lowest BCUT2D eigenvalue weighted by atomic mass is 9.78. The standard InChI is InChI=1S/C28H36O2/c1-3-5-6-11-16-24(4-2)26(25-17-12-8-13-18-25)20-22-28(30)27(29)21-19-23-14-9-7-10-15-23/h7-10,12-15,17-19,21,24,26H,3-6,11,16,20,22H2,1-2H3/b21-19+. The second-order valence-electron chi connectivity index (χ2n) is 8.10. The molecule has 2 unspecified atom stereocenters. The number of allylic oxidation sites excluding steroid dienone is 1. The van der Waals surface area contributed by atoms with E-state index in [2.05, 4.69) is 38.1 Å². The number of unbranched alkanes of at least 4 members (excludes halogenated alkanes) is 3. The Kier molecular flexibility index (Phi) is 10.9. The lowest BCUT2D eigenvalue weighted by Crippen LogP contribution is -2.17. The third-order valence-corrected chi connectivity index (χ3v) is 5.93. The molecule has 0 bridgehead atoms. The minimum atomic E-state index is -0.401. The summed E-state index contributed by atoms with van der Waals surface area (Å²) in [6, 6.07) is 20.1. The summed E-state index contributed by atoms with van der Waals surface area (Å²) in [6.45, 7) is 4.48. The van der Waals surface area contributed by atoms with Crippen LogP contribution >= 0.6 is 0 Å². The van der Waals surface area contributed by atoms with E-state index in [0.29, 0.717) is 18.3 Å². The van der Waals surface area contributed by atoms with Gasteiger partial charge in [0, 0.05) is 6.42 Å². The van der Waals surface area contributed by atoms with E-state index in [0.717, 1.165) is 18.4 Å². The molecular formula is C28H36O2. The van der Waals surface area contributed by atoms with Crippen LogP contribution in [0, 0.1) is 5.92 Å². The van der Waals surface area contributed by atoms with E-state index in [-0.39, 0.29) is 5.78 Å². The van der Waals surface area contributed by atoms with Crippen LogP contribution in [0.2, 0.25) is 0 Å². The van der Waals surface area contributed by atoms with Gasteiger partial charge in [-0.2, -0.15) is 0 Å². The van der Waals surface area contributed by atoms with Crippen LogP contribution in [0.1, 0.15) is 82.3 Å². The first-order chi connectivity index (χ1) is 14.7. The monoisotopic (exact) mass is 404 g/mol. The number of carbonyl (C=O) groups excluding carboxylic acids is 2. The molecule has 2 atom stereocenters. The number of hydrogen-bond acceptors (Lipinski definition) is 2. The van der Waals surface area contributed by atoms with E-state index < -0.39 is 5.78 Å². The Labute approximate surface area is 182 Å². The highest BCUT2D eigenvalue weighted by molar-refractivity contribution is 6.42. The molecule has 0 heterocycles. The van der Waals surface area contributed by atoms with Crippen LogP contribution in [0.15, 0.2) is 66.7 Å². The molecule has 0 spiro atoms. The van der Waals surface area contributed by atoms with Crippen molar-refractivity contribution in [3.63, 3.8) is 0 Å². The number of ketones is 2.